The minimum atomic E-state index is -0.0711. The molecule has 1 aromatic carbocycles. The molecule has 1 N–H and O–H groups in total. The predicted octanol–water partition coefficient (Wildman–Crippen LogP) is 2.21. The maximum atomic E-state index is 9.45. The van der Waals surface area contributed by atoms with E-state index in [-0.39, 0.29) is 6.10 Å². The van der Waals surface area contributed by atoms with Crippen LogP contribution in [0.1, 0.15) is 30.9 Å². The highest BCUT2D eigenvalue weighted by molar-refractivity contribution is 5.23. The van der Waals surface area contributed by atoms with Crippen molar-refractivity contribution >= 4 is 0 Å². The number of hydrogen-bond acceptors (Lipinski definition) is 2. The lowest BCUT2D eigenvalue weighted by molar-refractivity contribution is 0.0792. The molecule has 88 valence electrons. The van der Waals surface area contributed by atoms with Gasteiger partial charge in [-0.25, -0.2) is 0 Å². The van der Waals surface area contributed by atoms with Gasteiger partial charge in [0.05, 0.1) is 6.10 Å². The second kappa shape index (κ2) is 5.46. The molecule has 1 fully saturated rings. The van der Waals surface area contributed by atoms with Gasteiger partial charge in [-0.1, -0.05) is 31.2 Å². The first-order valence-electron chi connectivity index (χ1n) is 6.26. The Balaban J connectivity index is 1.93. The number of likely N-dealkylation sites (tertiary alicyclic amines) is 1. The van der Waals surface area contributed by atoms with Gasteiger partial charge in [0, 0.05) is 19.6 Å². The molecule has 1 aromatic rings. The molecule has 2 rings (SSSR count). The lowest BCUT2D eigenvalue weighted by Crippen LogP contribution is -2.35. The van der Waals surface area contributed by atoms with E-state index < -0.39 is 0 Å². The second-order valence-electron chi connectivity index (χ2n) is 4.68. The normalized spacial score (nSPS) is 18.9. The predicted molar refractivity (Wildman–Crippen MR) is 66.3 cm³/mol. The van der Waals surface area contributed by atoms with Gasteiger partial charge in [0.25, 0.3) is 0 Å². The molecule has 0 unspecified atom stereocenters. The number of nitrogens with zero attached hydrogens (tertiary/aromatic N) is 1. The molecular formula is C14H21NO. The van der Waals surface area contributed by atoms with Crippen molar-refractivity contribution in [1.82, 2.24) is 4.90 Å². The summed E-state index contributed by atoms with van der Waals surface area (Å²) in [5.74, 6) is 0. The Hall–Kier alpha value is -0.860. The summed E-state index contributed by atoms with van der Waals surface area (Å²) >= 11 is 0. The Labute approximate surface area is 97.9 Å². The first-order chi connectivity index (χ1) is 7.78. The lowest BCUT2D eigenvalue weighted by atomic mass is 10.1. The molecule has 1 saturated heterocycles. The highest BCUT2D eigenvalue weighted by Crippen LogP contribution is 2.14. The van der Waals surface area contributed by atoms with Crippen molar-refractivity contribution in [3.8, 4) is 0 Å². The van der Waals surface area contributed by atoms with Gasteiger partial charge in [-0.05, 0) is 30.4 Å². The highest BCUT2D eigenvalue weighted by Gasteiger charge is 2.16. The molecule has 1 aliphatic rings. The molecule has 16 heavy (non-hydrogen) atoms. The maximum Gasteiger partial charge on any atom is 0.0564 e. The van der Waals surface area contributed by atoms with Gasteiger partial charge in [-0.3, -0.25) is 4.90 Å². The molecule has 0 aliphatic carbocycles. The second-order valence-corrected chi connectivity index (χ2v) is 4.68. The fourth-order valence-electron chi connectivity index (χ4n) is 2.28. The van der Waals surface area contributed by atoms with Crippen LogP contribution in [0, 0.1) is 0 Å². The fraction of sp³-hybridized carbons (Fsp3) is 0.571. The van der Waals surface area contributed by atoms with Gasteiger partial charge in [0.2, 0.25) is 0 Å². The van der Waals surface area contributed by atoms with Crippen LogP contribution in [0.5, 0.6) is 0 Å². The van der Waals surface area contributed by atoms with Crippen molar-refractivity contribution in [2.75, 3.05) is 13.1 Å². The fourth-order valence-corrected chi connectivity index (χ4v) is 2.28. The molecule has 0 radical (unpaired) electrons. The van der Waals surface area contributed by atoms with Crippen molar-refractivity contribution in [3.63, 3.8) is 0 Å². The zero-order valence-electron chi connectivity index (χ0n) is 10.0. The summed E-state index contributed by atoms with van der Waals surface area (Å²) in [7, 11) is 0. The molecule has 2 heteroatoms. The molecule has 0 atom stereocenters. The van der Waals surface area contributed by atoms with Crippen molar-refractivity contribution in [1.29, 1.82) is 0 Å². The van der Waals surface area contributed by atoms with Crippen molar-refractivity contribution in [2.24, 2.45) is 0 Å². The Morgan fingerprint density at radius 3 is 2.62 bits per heavy atom. The SMILES string of the molecule is CCc1cccc(CN2CCC(O)CC2)c1. The van der Waals surface area contributed by atoms with Crippen molar-refractivity contribution < 1.29 is 5.11 Å². The van der Waals surface area contributed by atoms with Crippen LogP contribution in [0.4, 0.5) is 0 Å². The molecule has 0 bridgehead atoms. The summed E-state index contributed by atoms with van der Waals surface area (Å²) in [5, 5.41) is 9.45. The van der Waals surface area contributed by atoms with E-state index in [2.05, 4.69) is 36.1 Å². The summed E-state index contributed by atoms with van der Waals surface area (Å²) in [5.41, 5.74) is 2.81. The lowest BCUT2D eigenvalue weighted by Gasteiger charge is -2.29. The van der Waals surface area contributed by atoms with Gasteiger partial charge in [-0.15, -0.1) is 0 Å². The number of piperidine rings is 1. The average Bonchev–Trinajstić information content (AvgIpc) is 2.32. The van der Waals surface area contributed by atoms with E-state index in [1.165, 1.54) is 11.1 Å². The van der Waals surface area contributed by atoms with Crippen LogP contribution in [0.3, 0.4) is 0 Å². The van der Waals surface area contributed by atoms with Gasteiger partial charge < -0.3 is 5.11 Å². The van der Waals surface area contributed by atoms with E-state index in [0.717, 1.165) is 38.9 Å². The summed E-state index contributed by atoms with van der Waals surface area (Å²) < 4.78 is 0. The quantitative estimate of drug-likeness (QED) is 0.842. The van der Waals surface area contributed by atoms with Gasteiger partial charge in [-0.2, -0.15) is 0 Å². The van der Waals surface area contributed by atoms with Crippen LogP contribution in [0.15, 0.2) is 24.3 Å². The smallest absolute Gasteiger partial charge is 0.0564 e. The Morgan fingerprint density at radius 2 is 1.94 bits per heavy atom. The van der Waals surface area contributed by atoms with E-state index >= 15 is 0 Å². The third-order valence-corrected chi connectivity index (χ3v) is 3.36. The van der Waals surface area contributed by atoms with Gasteiger partial charge in [0.1, 0.15) is 0 Å². The maximum absolute atomic E-state index is 9.45. The van der Waals surface area contributed by atoms with Crippen molar-refractivity contribution in [2.45, 2.75) is 38.8 Å². The van der Waals surface area contributed by atoms with E-state index in [0.29, 0.717) is 0 Å². The Kier molecular flexibility index (Phi) is 3.97. The molecular weight excluding hydrogens is 198 g/mol. The first kappa shape index (κ1) is 11.6. The van der Waals surface area contributed by atoms with Crippen LogP contribution < -0.4 is 0 Å². The zero-order chi connectivity index (χ0) is 11.4. The summed E-state index contributed by atoms with van der Waals surface area (Å²) in [4.78, 5) is 2.43. The summed E-state index contributed by atoms with van der Waals surface area (Å²) in [6.07, 6.45) is 2.88. The van der Waals surface area contributed by atoms with Gasteiger partial charge in [0.15, 0.2) is 0 Å². The molecule has 1 heterocycles. The molecule has 0 amide bonds. The highest BCUT2D eigenvalue weighted by atomic mass is 16.3. The number of aliphatic hydroxyl groups is 1. The standard InChI is InChI=1S/C14H21NO/c1-2-12-4-3-5-13(10-12)11-15-8-6-14(16)7-9-15/h3-5,10,14,16H,2,6-9,11H2,1H3. The summed E-state index contributed by atoms with van der Waals surface area (Å²) in [6, 6.07) is 8.83. The summed E-state index contributed by atoms with van der Waals surface area (Å²) in [6.45, 7) is 5.27. The minimum Gasteiger partial charge on any atom is -0.393 e. The van der Waals surface area contributed by atoms with Crippen molar-refractivity contribution in [3.05, 3.63) is 35.4 Å². The van der Waals surface area contributed by atoms with Crippen LogP contribution in [0.2, 0.25) is 0 Å². The van der Waals surface area contributed by atoms with E-state index in [9.17, 15) is 5.11 Å². The molecule has 0 aromatic heterocycles. The molecule has 2 nitrogen and oxygen atoms in total. The molecule has 0 spiro atoms. The van der Waals surface area contributed by atoms with Gasteiger partial charge >= 0.3 is 0 Å². The molecule has 0 saturated carbocycles. The van der Waals surface area contributed by atoms with Crippen LogP contribution in [-0.2, 0) is 13.0 Å². The third kappa shape index (κ3) is 3.06. The van der Waals surface area contributed by atoms with E-state index in [1.54, 1.807) is 0 Å². The monoisotopic (exact) mass is 219 g/mol. The van der Waals surface area contributed by atoms with E-state index in [4.69, 9.17) is 0 Å². The Morgan fingerprint density at radius 1 is 1.25 bits per heavy atom. The number of hydrogen-bond donors (Lipinski definition) is 1. The largest absolute Gasteiger partial charge is 0.393 e. The van der Waals surface area contributed by atoms with E-state index in [1.807, 2.05) is 0 Å². The van der Waals surface area contributed by atoms with Crippen LogP contribution in [-0.4, -0.2) is 29.2 Å². The number of aryl methyl sites for hydroxylation is 1. The van der Waals surface area contributed by atoms with Crippen LogP contribution >= 0.6 is 0 Å². The minimum absolute atomic E-state index is 0.0711. The first-order valence-corrected chi connectivity index (χ1v) is 6.26. The number of aliphatic hydroxyl groups excluding tert-OH is 1. The topological polar surface area (TPSA) is 23.5 Å². The number of rotatable bonds is 3. The Bertz CT molecular complexity index is 329. The van der Waals surface area contributed by atoms with Crippen LogP contribution in [0.25, 0.3) is 0 Å². The zero-order valence-corrected chi connectivity index (χ0v) is 10.0. The third-order valence-electron chi connectivity index (χ3n) is 3.36. The number of benzene rings is 1. The average molecular weight is 219 g/mol. The molecule has 1 aliphatic heterocycles.